The standard InChI is InChI=1S/C13H11Cl3N2/c1-7-2-3-8(4-10(7)15)12(17)13-11(16)5-9(14)6-18-13/h2-6,12H,17H2,1H3. The molecule has 1 atom stereocenters. The molecule has 2 aromatic rings. The molecule has 0 amide bonds. The number of nitrogens with zero attached hydrogens (tertiary/aromatic N) is 1. The molecule has 0 radical (unpaired) electrons. The summed E-state index contributed by atoms with van der Waals surface area (Å²) >= 11 is 18.0. The number of halogens is 3. The smallest absolute Gasteiger partial charge is 0.0803 e. The van der Waals surface area contributed by atoms with E-state index >= 15 is 0 Å². The fourth-order valence-electron chi connectivity index (χ4n) is 1.61. The molecule has 1 heterocycles. The average Bonchev–Trinajstić information content (AvgIpc) is 2.32. The van der Waals surface area contributed by atoms with Gasteiger partial charge in [0, 0.05) is 11.2 Å². The minimum Gasteiger partial charge on any atom is -0.319 e. The first kappa shape index (κ1) is 13.6. The lowest BCUT2D eigenvalue weighted by molar-refractivity contribution is 0.829. The average molecular weight is 302 g/mol. The minimum absolute atomic E-state index is 0.423. The van der Waals surface area contributed by atoms with Crippen molar-refractivity contribution in [2.45, 2.75) is 13.0 Å². The van der Waals surface area contributed by atoms with Crippen molar-refractivity contribution in [1.29, 1.82) is 0 Å². The number of rotatable bonds is 2. The number of benzene rings is 1. The maximum atomic E-state index is 6.14. The van der Waals surface area contributed by atoms with Crippen LogP contribution < -0.4 is 5.73 Å². The van der Waals surface area contributed by atoms with E-state index in [1.807, 2.05) is 25.1 Å². The molecule has 5 heteroatoms. The van der Waals surface area contributed by atoms with E-state index in [9.17, 15) is 0 Å². The fraction of sp³-hybridized carbons (Fsp3) is 0.154. The Labute approximate surface area is 121 Å². The van der Waals surface area contributed by atoms with E-state index in [-0.39, 0.29) is 0 Å². The van der Waals surface area contributed by atoms with Gasteiger partial charge in [0.1, 0.15) is 0 Å². The van der Waals surface area contributed by atoms with Crippen molar-refractivity contribution >= 4 is 34.8 Å². The topological polar surface area (TPSA) is 38.9 Å². The van der Waals surface area contributed by atoms with Gasteiger partial charge in [0.25, 0.3) is 0 Å². The third kappa shape index (κ3) is 2.78. The van der Waals surface area contributed by atoms with Crippen LogP contribution in [-0.2, 0) is 0 Å². The highest BCUT2D eigenvalue weighted by Gasteiger charge is 2.15. The second kappa shape index (κ2) is 5.45. The number of nitrogens with two attached hydrogens (primary N) is 1. The molecule has 0 fully saturated rings. The Hall–Kier alpha value is -0.800. The maximum Gasteiger partial charge on any atom is 0.0803 e. The molecule has 2 N–H and O–H groups in total. The predicted molar refractivity (Wildman–Crippen MR) is 76.5 cm³/mol. The minimum atomic E-state index is -0.423. The van der Waals surface area contributed by atoms with Crippen LogP contribution in [0, 0.1) is 6.92 Å². The van der Waals surface area contributed by atoms with Crippen LogP contribution in [-0.4, -0.2) is 4.98 Å². The Kier molecular flexibility index (Phi) is 4.13. The molecule has 94 valence electrons. The van der Waals surface area contributed by atoms with Crippen molar-refractivity contribution in [3.05, 3.63) is 62.4 Å². The summed E-state index contributed by atoms with van der Waals surface area (Å²) in [5.41, 5.74) is 8.59. The van der Waals surface area contributed by atoms with Crippen molar-refractivity contribution in [3.63, 3.8) is 0 Å². The second-order valence-electron chi connectivity index (χ2n) is 4.01. The zero-order valence-electron chi connectivity index (χ0n) is 9.62. The van der Waals surface area contributed by atoms with Crippen molar-refractivity contribution in [3.8, 4) is 0 Å². The van der Waals surface area contributed by atoms with Gasteiger partial charge in [-0.3, -0.25) is 4.98 Å². The van der Waals surface area contributed by atoms with Gasteiger partial charge in [-0.2, -0.15) is 0 Å². The van der Waals surface area contributed by atoms with E-state index in [0.717, 1.165) is 11.1 Å². The van der Waals surface area contributed by atoms with Gasteiger partial charge in [-0.25, -0.2) is 0 Å². The summed E-state index contributed by atoms with van der Waals surface area (Å²) in [6.45, 7) is 1.94. The quantitative estimate of drug-likeness (QED) is 0.893. The van der Waals surface area contributed by atoms with Gasteiger partial charge in [-0.1, -0.05) is 46.9 Å². The van der Waals surface area contributed by atoms with Gasteiger partial charge < -0.3 is 5.73 Å². The molecule has 2 rings (SSSR count). The van der Waals surface area contributed by atoms with Crippen molar-refractivity contribution in [1.82, 2.24) is 4.98 Å². The predicted octanol–water partition coefficient (Wildman–Crippen LogP) is 4.40. The highest BCUT2D eigenvalue weighted by atomic mass is 35.5. The third-order valence-corrected chi connectivity index (χ3v) is 3.60. The van der Waals surface area contributed by atoms with Crippen LogP contribution in [0.5, 0.6) is 0 Å². The number of aryl methyl sites for hydroxylation is 1. The van der Waals surface area contributed by atoms with Crippen molar-refractivity contribution in [2.75, 3.05) is 0 Å². The van der Waals surface area contributed by atoms with E-state index in [1.54, 1.807) is 6.07 Å². The first-order valence-electron chi connectivity index (χ1n) is 5.31. The maximum absolute atomic E-state index is 6.14. The zero-order chi connectivity index (χ0) is 13.3. The third-order valence-electron chi connectivity index (χ3n) is 2.69. The van der Waals surface area contributed by atoms with Crippen LogP contribution in [0.25, 0.3) is 0 Å². The molecular formula is C13H11Cl3N2. The molecule has 0 bridgehead atoms. The number of hydrogen-bond acceptors (Lipinski definition) is 2. The van der Waals surface area contributed by atoms with Gasteiger partial charge in [0.05, 0.1) is 21.8 Å². The number of hydrogen-bond donors (Lipinski definition) is 1. The molecule has 1 unspecified atom stereocenters. The molecule has 0 aliphatic carbocycles. The molecule has 0 aliphatic heterocycles. The molecule has 0 spiro atoms. The van der Waals surface area contributed by atoms with E-state index < -0.39 is 6.04 Å². The van der Waals surface area contributed by atoms with Crippen LogP contribution >= 0.6 is 34.8 Å². The summed E-state index contributed by atoms with van der Waals surface area (Å²) in [7, 11) is 0. The van der Waals surface area contributed by atoms with E-state index in [0.29, 0.717) is 20.8 Å². The number of aromatic nitrogens is 1. The normalized spacial score (nSPS) is 12.5. The summed E-state index contributed by atoms with van der Waals surface area (Å²) in [5.74, 6) is 0. The van der Waals surface area contributed by atoms with Crippen LogP contribution in [0.4, 0.5) is 0 Å². The summed E-state index contributed by atoms with van der Waals surface area (Å²) in [6, 6.07) is 6.86. The molecule has 1 aromatic heterocycles. The van der Waals surface area contributed by atoms with Crippen LogP contribution in [0.15, 0.2) is 30.5 Å². The molecule has 2 nitrogen and oxygen atoms in total. The monoisotopic (exact) mass is 300 g/mol. The van der Waals surface area contributed by atoms with Gasteiger partial charge in [0.2, 0.25) is 0 Å². The largest absolute Gasteiger partial charge is 0.319 e. The Morgan fingerprint density at radius 3 is 2.44 bits per heavy atom. The number of pyridine rings is 1. The van der Waals surface area contributed by atoms with Gasteiger partial charge in [-0.05, 0) is 30.2 Å². The highest BCUT2D eigenvalue weighted by molar-refractivity contribution is 6.34. The summed E-state index contributed by atoms with van der Waals surface area (Å²) in [5, 5.41) is 1.61. The van der Waals surface area contributed by atoms with Crippen molar-refractivity contribution in [2.24, 2.45) is 5.73 Å². The first-order valence-corrected chi connectivity index (χ1v) is 6.45. The molecule has 1 aromatic carbocycles. The first-order chi connectivity index (χ1) is 8.49. The lowest BCUT2D eigenvalue weighted by atomic mass is 10.0. The van der Waals surface area contributed by atoms with Gasteiger partial charge >= 0.3 is 0 Å². The van der Waals surface area contributed by atoms with Crippen LogP contribution in [0.1, 0.15) is 22.9 Å². The lowest BCUT2D eigenvalue weighted by Crippen LogP contribution is -2.14. The summed E-state index contributed by atoms with van der Waals surface area (Å²) in [4.78, 5) is 4.17. The Balaban J connectivity index is 2.41. The molecular weight excluding hydrogens is 291 g/mol. The van der Waals surface area contributed by atoms with Crippen LogP contribution in [0.2, 0.25) is 15.1 Å². The second-order valence-corrected chi connectivity index (χ2v) is 5.26. The molecule has 0 saturated heterocycles. The van der Waals surface area contributed by atoms with Gasteiger partial charge in [-0.15, -0.1) is 0 Å². The zero-order valence-corrected chi connectivity index (χ0v) is 11.9. The Morgan fingerprint density at radius 2 is 1.83 bits per heavy atom. The van der Waals surface area contributed by atoms with Crippen molar-refractivity contribution < 1.29 is 0 Å². The molecule has 18 heavy (non-hydrogen) atoms. The Bertz CT molecular complexity index is 584. The molecule has 0 aliphatic rings. The van der Waals surface area contributed by atoms with E-state index in [1.165, 1.54) is 6.20 Å². The summed E-state index contributed by atoms with van der Waals surface area (Å²) in [6.07, 6.45) is 1.53. The fourth-order valence-corrected chi connectivity index (χ4v) is 2.30. The van der Waals surface area contributed by atoms with Gasteiger partial charge in [0.15, 0.2) is 0 Å². The van der Waals surface area contributed by atoms with E-state index in [2.05, 4.69) is 4.98 Å². The SMILES string of the molecule is Cc1ccc(C(N)c2ncc(Cl)cc2Cl)cc1Cl. The Morgan fingerprint density at radius 1 is 1.11 bits per heavy atom. The molecule has 0 saturated carbocycles. The highest BCUT2D eigenvalue weighted by Crippen LogP contribution is 2.28. The summed E-state index contributed by atoms with van der Waals surface area (Å²) < 4.78 is 0. The lowest BCUT2D eigenvalue weighted by Gasteiger charge is -2.14. The van der Waals surface area contributed by atoms with Crippen LogP contribution in [0.3, 0.4) is 0 Å². The van der Waals surface area contributed by atoms with E-state index in [4.69, 9.17) is 40.5 Å².